The van der Waals surface area contributed by atoms with Gasteiger partial charge in [-0.05, 0) is 31.0 Å². The number of nitrogens with one attached hydrogen (secondary N) is 1. The van der Waals surface area contributed by atoms with Gasteiger partial charge in [0.05, 0.1) is 37.1 Å². The quantitative estimate of drug-likeness (QED) is 0.480. The Kier molecular flexibility index (Phi) is 5.56. The van der Waals surface area contributed by atoms with E-state index >= 15 is 0 Å². The van der Waals surface area contributed by atoms with Crippen LogP contribution in [0.3, 0.4) is 0 Å². The number of benzene rings is 2. The van der Waals surface area contributed by atoms with Crippen LogP contribution in [0.2, 0.25) is 0 Å². The minimum Gasteiger partial charge on any atom is -0.494 e. The lowest BCUT2D eigenvalue weighted by molar-refractivity contribution is 0.262. The fraction of sp³-hybridized carbons (Fsp3) is 0.240. The number of hydrogen-bond donors (Lipinski definition) is 1. The Morgan fingerprint density at radius 1 is 1.15 bits per heavy atom. The maximum atomic E-state index is 5.96. The van der Waals surface area contributed by atoms with E-state index in [0.29, 0.717) is 18.3 Å². The highest BCUT2D eigenvalue weighted by Gasteiger charge is 2.27. The summed E-state index contributed by atoms with van der Waals surface area (Å²) in [7, 11) is 3.71. The summed E-state index contributed by atoms with van der Waals surface area (Å²) in [6.07, 6.45) is 6.34. The van der Waals surface area contributed by atoms with Gasteiger partial charge in [-0.2, -0.15) is 4.98 Å². The Labute approximate surface area is 192 Å². The molecule has 8 heteroatoms. The number of aromatic nitrogens is 4. The Balaban J connectivity index is 1.36. The average Bonchev–Trinajstić information content (AvgIpc) is 3.28. The Bertz CT molecular complexity index is 1260. The molecule has 0 amide bonds. The highest BCUT2D eigenvalue weighted by atomic mass is 16.5. The second-order valence-electron chi connectivity index (χ2n) is 8.08. The largest absolute Gasteiger partial charge is 0.494 e. The smallest absolute Gasteiger partial charge is 0.229 e. The van der Waals surface area contributed by atoms with Gasteiger partial charge in [0.25, 0.3) is 0 Å². The van der Waals surface area contributed by atoms with Gasteiger partial charge < -0.3 is 24.3 Å². The van der Waals surface area contributed by atoms with E-state index in [1.807, 2.05) is 42.0 Å². The zero-order valence-corrected chi connectivity index (χ0v) is 18.9. The van der Waals surface area contributed by atoms with Gasteiger partial charge in [-0.1, -0.05) is 30.3 Å². The normalized spacial score (nSPS) is 15.0. The zero-order chi connectivity index (χ0) is 22.8. The molecule has 8 nitrogen and oxygen atoms in total. The minimum atomic E-state index is 0.195. The zero-order valence-electron chi connectivity index (χ0n) is 18.9. The fourth-order valence-electron chi connectivity index (χ4n) is 3.98. The van der Waals surface area contributed by atoms with Crippen molar-refractivity contribution in [2.24, 2.45) is 0 Å². The molecule has 2 aromatic carbocycles. The summed E-state index contributed by atoms with van der Waals surface area (Å²) in [4.78, 5) is 15.6. The maximum absolute atomic E-state index is 5.96. The van der Waals surface area contributed by atoms with Crippen molar-refractivity contribution in [3.8, 4) is 17.2 Å². The molecule has 1 N–H and O–H groups in total. The van der Waals surface area contributed by atoms with E-state index in [2.05, 4.69) is 51.5 Å². The van der Waals surface area contributed by atoms with Crippen LogP contribution in [0.1, 0.15) is 11.3 Å². The van der Waals surface area contributed by atoms with Gasteiger partial charge in [-0.15, -0.1) is 0 Å². The van der Waals surface area contributed by atoms with Gasteiger partial charge >= 0.3 is 0 Å². The molecule has 33 heavy (non-hydrogen) atoms. The first-order valence-corrected chi connectivity index (χ1v) is 10.8. The number of nitrogens with zero attached hydrogens (tertiary/aromatic N) is 5. The van der Waals surface area contributed by atoms with Gasteiger partial charge in [-0.25, -0.2) is 9.97 Å². The number of methoxy groups -OCH3 is 1. The summed E-state index contributed by atoms with van der Waals surface area (Å²) >= 11 is 0. The summed E-state index contributed by atoms with van der Waals surface area (Å²) in [5.74, 6) is 2.68. The van der Waals surface area contributed by atoms with Crippen LogP contribution in [0.5, 0.6) is 11.5 Å². The summed E-state index contributed by atoms with van der Waals surface area (Å²) in [6, 6.07) is 16.5. The number of aryl methyl sites for hydroxylation is 1. The van der Waals surface area contributed by atoms with Crippen molar-refractivity contribution >= 4 is 17.5 Å². The Morgan fingerprint density at radius 2 is 2.00 bits per heavy atom. The first kappa shape index (κ1) is 20.8. The van der Waals surface area contributed by atoms with E-state index in [1.165, 1.54) is 5.56 Å². The molecule has 168 valence electrons. The molecule has 1 aliphatic rings. The molecule has 1 aliphatic heterocycles. The van der Waals surface area contributed by atoms with Crippen molar-refractivity contribution in [1.82, 2.24) is 19.5 Å². The molecular weight excluding hydrogens is 416 g/mol. The van der Waals surface area contributed by atoms with Crippen LogP contribution in [-0.2, 0) is 6.42 Å². The minimum absolute atomic E-state index is 0.195. The lowest BCUT2D eigenvalue weighted by atomic mass is 10.0. The third kappa shape index (κ3) is 4.32. The number of hydrogen-bond acceptors (Lipinski definition) is 7. The molecule has 0 spiro atoms. The molecule has 2 aromatic heterocycles. The SMILES string of the molecule is COc1cc(Nc2ncc3c(n2)N(C)C(Cc2ccccc2)CO3)ccc1-n1cnc(C)c1. The van der Waals surface area contributed by atoms with Crippen molar-refractivity contribution in [2.75, 3.05) is 31.0 Å². The molecule has 0 saturated heterocycles. The van der Waals surface area contributed by atoms with Crippen molar-refractivity contribution in [3.05, 3.63) is 78.5 Å². The van der Waals surface area contributed by atoms with Gasteiger partial charge in [0.2, 0.25) is 5.95 Å². The predicted molar refractivity (Wildman–Crippen MR) is 128 cm³/mol. The van der Waals surface area contributed by atoms with E-state index in [9.17, 15) is 0 Å². The topological polar surface area (TPSA) is 77.3 Å². The molecule has 5 rings (SSSR count). The molecule has 1 atom stereocenters. The highest BCUT2D eigenvalue weighted by Crippen LogP contribution is 2.33. The van der Waals surface area contributed by atoms with Crippen LogP contribution >= 0.6 is 0 Å². The van der Waals surface area contributed by atoms with Crippen LogP contribution in [-0.4, -0.2) is 46.3 Å². The van der Waals surface area contributed by atoms with E-state index in [1.54, 1.807) is 19.6 Å². The number of ether oxygens (including phenoxy) is 2. The number of likely N-dealkylation sites (N-methyl/N-ethyl adjacent to an activating group) is 1. The molecular formula is C25H26N6O2. The van der Waals surface area contributed by atoms with Crippen LogP contribution < -0.4 is 19.7 Å². The lowest BCUT2D eigenvalue weighted by Crippen LogP contribution is -2.42. The maximum Gasteiger partial charge on any atom is 0.229 e. The summed E-state index contributed by atoms with van der Waals surface area (Å²) < 4.78 is 13.5. The molecule has 4 aromatic rings. The third-order valence-electron chi connectivity index (χ3n) is 5.79. The van der Waals surface area contributed by atoms with Crippen molar-refractivity contribution < 1.29 is 9.47 Å². The van der Waals surface area contributed by atoms with Crippen LogP contribution in [0.25, 0.3) is 5.69 Å². The third-order valence-corrected chi connectivity index (χ3v) is 5.79. The van der Waals surface area contributed by atoms with Crippen molar-refractivity contribution in [1.29, 1.82) is 0 Å². The average molecular weight is 443 g/mol. The molecule has 3 heterocycles. The van der Waals surface area contributed by atoms with Crippen LogP contribution in [0.15, 0.2) is 67.3 Å². The monoisotopic (exact) mass is 442 g/mol. The predicted octanol–water partition coefficient (Wildman–Crippen LogP) is 4.16. The van der Waals surface area contributed by atoms with Gasteiger partial charge in [0.15, 0.2) is 11.6 Å². The first-order chi connectivity index (χ1) is 16.1. The second-order valence-corrected chi connectivity index (χ2v) is 8.08. The number of rotatable bonds is 6. The summed E-state index contributed by atoms with van der Waals surface area (Å²) in [5, 5.41) is 3.29. The van der Waals surface area contributed by atoms with E-state index in [-0.39, 0.29) is 6.04 Å². The molecule has 0 saturated carbocycles. The van der Waals surface area contributed by atoms with Gasteiger partial charge in [-0.3, -0.25) is 0 Å². The number of fused-ring (bicyclic) bond motifs is 1. The Hall–Kier alpha value is -4.07. The number of anilines is 3. The molecule has 0 aliphatic carbocycles. The van der Waals surface area contributed by atoms with Gasteiger partial charge in [0, 0.05) is 25.0 Å². The summed E-state index contributed by atoms with van der Waals surface area (Å²) in [6.45, 7) is 2.55. The van der Waals surface area contributed by atoms with Crippen LogP contribution in [0.4, 0.5) is 17.5 Å². The van der Waals surface area contributed by atoms with E-state index < -0.39 is 0 Å². The molecule has 0 fully saturated rings. The summed E-state index contributed by atoms with van der Waals surface area (Å²) in [5.41, 5.74) is 3.95. The second kappa shape index (κ2) is 8.82. The number of imidazole rings is 1. The fourth-order valence-corrected chi connectivity index (χ4v) is 3.98. The molecule has 0 bridgehead atoms. The van der Waals surface area contributed by atoms with Crippen molar-refractivity contribution in [3.63, 3.8) is 0 Å². The van der Waals surface area contributed by atoms with E-state index in [4.69, 9.17) is 14.5 Å². The lowest BCUT2D eigenvalue weighted by Gasteiger charge is -2.34. The highest BCUT2D eigenvalue weighted by molar-refractivity contribution is 5.64. The van der Waals surface area contributed by atoms with Crippen molar-refractivity contribution in [2.45, 2.75) is 19.4 Å². The Morgan fingerprint density at radius 3 is 2.76 bits per heavy atom. The first-order valence-electron chi connectivity index (χ1n) is 10.8. The standard InChI is InChI=1S/C25H26N6O2/c1-17-14-31(16-27-17)21-10-9-19(12-22(21)32-3)28-25-26-13-23-24(29-25)30(2)20(15-33-23)11-18-7-5-4-6-8-18/h4-10,12-14,16,20H,11,15H2,1-3H3,(H,26,28,29). The molecule has 0 radical (unpaired) electrons. The van der Waals surface area contributed by atoms with E-state index in [0.717, 1.165) is 35.1 Å². The molecule has 1 unspecified atom stereocenters. The van der Waals surface area contributed by atoms with Gasteiger partial charge in [0.1, 0.15) is 12.4 Å². The van der Waals surface area contributed by atoms with Crippen LogP contribution in [0, 0.1) is 6.92 Å².